The number of para-hydroxylation sites is 1. The summed E-state index contributed by atoms with van der Waals surface area (Å²) in [6.45, 7) is 4.92. The Labute approximate surface area is 200 Å². The number of nitrogens with zero attached hydrogens (tertiary/aromatic N) is 2. The van der Waals surface area contributed by atoms with E-state index in [1.54, 1.807) is 12.1 Å². The second-order valence-electron chi connectivity index (χ2n) is 8.36. The number of halogens is 1. The van der Waals surface area contributed by atoms with Gasteiger partial charge in [-0.2, -0.15) is 0 Å². The standard InChI is InChI=1S/C23H32N4O5.ClH/c28-21-7-6-19(12-17-13-20(32-26-17)15-27-10-8-24-9-11-27)31-22(21)14-25-23(29)16-30-18-4-2-1-3-5-18;/h1-5,13,19,21-22,24,28H,6-12,14-16H2,(H,25,29);1H/t19-,21-,22+;/m0./s1. The largest absolute Gasteiger partial charge is 0.484 e. The zero-order chi connectivity index (χ0) is 22.2. The fraction of sp³-hybridized carbons (Fsp3) is 0.565. The van der Waals surface area contributed by atoms with Crippen molar-refractivity contribution in [2.24, 2.45) is 0 Å². The fourth-order valence-electron chi connectivity index (χ4n) is 4.06. The Morgan fingerprint density at radius 3 is 2.82 bits per heavy atom. The van der Waals surface area contributed by atoms with E-state index in [0.717, 1.165) is 50.6 Å². The van der Waals surface area contributed by atoms with E-state index in [2.05, 4.69) is 20.7 Å². The monoisotopic (exact) mass is 480 g/mol. The van der Waals surface area contributed by atoms with Crippen LogP contribution in [0.4, 0.5) is 0 Å². The summed E-state index contributed by atoms with van der Waals surface area (Å²) in [5, 5.41) is 20.6. The van der Waals surface area contributed by atoms with Crippen molar-refractivity contribution in [1.29, 1.82) is 0 Å². The highest BCUT2D eigenvalue weighted by atomic mass is 35.5. The Morgan fingerprint density at radius 2 is 2.03 bits per heavy atom. The first-order valence-electron chi connectivity index (χ1n) is 11.3. The lowest BCUT2D eigenvalue weighted by Crippen LogP contribution is -2.47. The number of aliphatic hydroxyl groups is 1. The van der Waals surface area contributed by atoms with Crippen LogP contribution in [0.3, 0.4) is 0 Å². The molecule has 2 aliphatic heterocycles. The van der Waals surface area contributed by atoms with Crippen molar-refractivity contribution in [2.45, 2.75) is 44.1 Å². The molecule has 0 aliphatic carbocycles. The van der Waals surface area contributed by atoms with Gasteiger partial charge < -0.3 is 29.7 Å². The smallest absolute Gasteiger partial charge is 0.258 e. The number of carbonyl (C=O) groups excluding carboxylic acids is 1. The van der Waals surface area contributed by atoms with Gasteiger partial charge in [-0.15, -0.1) is 12.4 Å². The van der Waals surface area contributed by atoms with Gasteiger partial charge >= 0.3 is 0 Å². The lowest BCUT2D eigenvalue weighted by Gasteiger charge is -2.33. The number of hydrogen-bond acceptors (Lipinski definition) is 8. The van der Waals surface area contributed by atoms with Gasteiger partial charge in [-0.1, -0.05) is 23.4 Å². The molecular formula is C23H33ClN4O5. The lowest BCUT2D eigenvalue weighted by atomic mass is 9.98. The zero-order valence-electron chi connectivity index (χ0n) is 18.7. The predicted molar refractivity (Wildman–Crippen MR) is 124 cm³/mol. The topological polar surface area (TPSA) is 109 Å². The molecule has 33 heavy (non-hydrogen) atoms. The number of hydrogen-bond donors (Lipinski definition) is 3. The third kappa shape index (κ3) is 7.97. The minimum Gasteiger partial charge on any atom is -0.484 e. The van der Waals surface area contributed by atoms with Gasteiger partial charge in [-0.3, -0.25) is 9.69 Å². The number of aliphatic hydroxyl groups excluding tert-OH is 1. The van der Waals surface area contributed by atoms with Gasteiger partial charge in [0.1, 0.15) is 11.9 Å². The van der Waals surface area contributed by atoms with Crippen molar-refractivity contribution in [3.05, 3.63) is 47.9 Å². The molecule has 1 aromatic carbocycles. The Kier molecular flexibility index (Phi) is 9.95. The van der Waals surface area contributed by atoms with Gasteiger partial charge in [-0.05, 0) is 25.0 Å². The summed E-state index contributed by atoms with van der Waals surface area (Å²) >= 11 is 0. The molecule has 9 nitrogen and oxygen atoms in total. The minimum atomic E-state index is -0.609. The van der Waals surface area contributed by atoms with Gasteiger partial charge in [0.05, 0.1) is 24.4 Å². The number of piperazine rings is 1. The first-order valence-corrected chi connectivity index (χ1v) is 11.3. The molecule has 1 aromatic heterocycles. The third-order valence-corrected chi connectivity index (χ3v) is 5.83. The molecule has 4 rings (SSSR count). The summed E-state index contributed by atoms with van der Waals surface area (Å²) in [6, 6.07) is 11.2. The van der Waals surface area contributed by atoms with Crippen LogP contribution >= 0.6 is 12.4 Å². The summed E-state index contributed by atoms with van der Waals surface area (Å²) in [6.07, 6.45) is 0.848. The summed E-state index contributed by atoms with van der Waals surface area (Å²) in [4.78, 5) is 14.4. The first kappa shape index (κ1) is 25.5. The summed E-state index contributed by atoms with van der Waals surface area (Å²) < 4.78 is 17.0. The molecule has 10 heteroatoms. The van der Waals surface area contributed by atoms with Crippen LogP contribution in [0, 0.1) is 0 Å². The normalized spacial score (nSPS) is 23.5. The van der Waals surface area contributed by atoms with E-state index in [1.807, 2.05) is 24.3 Å². The number of ether oxygens (including phenoxy) is 2. The molecule has 0 bridgehead atoms. The van der Waals surface area contributed by atoms with E-state index >= 15 is 0 Å². The van der Waals surface area contributed by atoms with Crippen molar-refractivity contribution in [3.8, 4) is 5.75 Å². The molecule has 3 N–H and O–H groups in total. The highest BCUT2D eigenvalue weighted by molar-refractivity contribution is 5.85. The molecule has 2 fully saturated rings. The average Bonchev–Trinajstić information content (AvgIpc) is 3.26. The molecular weight excluding hydrogens is 448 g/mol. The fourth-order valence-corrected chi connectivity index (χ4v) is 4.06. The van der Waals surface area contributed by atoms with Crippen molar-refractivity contribution in [3.63, 3.8) is 0 Å². The van der Waals surface area contributed by atoms with E-state index < -0.39 is 12.2 Å². The van der Waals surface area contributed by atoms with Gasteiger partial charge in [0.2, 0.25) is 0 Å². The third-order valence-electron chi connectivity index (χ3n) is 5.83. The molecule has 3 heterocycles. The maximum absolute atomic E-state index is 12.1. The predicted octanol–water partition coefficient (Wildman–Crippen LogP) is 1.15. The van der Waals surface area contributed by atoms with E-state index in [-0.39, 0.29) is 37.6 Å². The summed E-state index contributed by atoms with van der Waals surface area (Å²) in [7, 11) is 0. The van der Waals surface area contributed by atoms with Gasteiger partial charge in [0.15, 0.2) is 12.4 Å². The van der Waals surface area contributed by atoms with Crippen LogP contribution in [0.25, 0.3) is 0 Å². The van der Waals surface area contributed by atoms with Gasteiger partial charge in [0.25, 0.3) is 5.91 Å². The van der Waals surface area contributed by atoms with Crippen LogP contribution < -0.4 is 15.4 Å². The Hall–Kier alpha value is -2.17. The second kappa shape index (κ2) is 12.9. The molecule has 0 spiro atoms. The van der Waals surface area contributed by atoms with Gasteiger partial charge in [0, 0.05) is 45.2 Å². The number of benzene rings is 1. The lowest BCUT2D eigenvalue weighted by molar-refractivity contribution is -0.130. The van der Waals surface area contributed by atoms with Crippen LogP contribution in [0.1, 0.15) is 24.3 Å². The number of carbonyl (C=O) groups is 1. The molecule has 2 aliphatic rings. The van der Waals surface area contributed by atoms with Crippen molar-refractivity contribution < 1.29 is 23.9 Å². The Balaban J connectivity index is 0.00000306. The number of aromatic nitrogens is 1. The molecule has 0 radical (unpaired) electrons. The summed E-state index contributed by atoms with van der Waals surface area (Å²) in [5.41, 5.74) is 0.857. The van der Waals surface area contributed by atoms with Crippen molar-refractivity contribution in [1.82, 2.24) is 20.7 Å². The number of nitrogens with one attached hydrogen (secondary N) is 2. The number of rotatable bonds is 9. The molecule has 1 amide bonds. The van der Waals surface area contributed by atoms with Crippen LogP contribution in [0.15, 0.2) is 40.9 Å². The van der Waals surface area contributed by atoms with Crippen LogP contribution in [-0.2, 0) is 22.5 Å². The zero-order valence-corrected chi connectivity index (χ0v) is 19.5. The van der Waals surface area contributed by atoms with Gasteiger partial charge in [-0.25, -0.2) is 0 Å². The van der Waals surface area contributed by atoms with E-state index in [1.165, 1.54) is 0 Å². The molecule has 0 saturated carbocycles. The molecule has 2 aromatic rings. The summed E-state index contributed by atoms with van der Waals surface area (Å²) in [5.74, 6) is 1.25. The average molecular weight is 481 g/mol. The van der Waals surface area contributed by atoms with Crippen LogP contribution in [0.2, 0.25) is 0 Å². The molecule has 0 unspecified atom stereocenters. The maximum Gasteiger partial charge on any atom is 0.258 e. The molecule has 2 saturated heterocycles. The maximum atomic E-state index is 12.1. The van der Waals surface area contributed by atoms with Crippen LogP contribution in [-0.4, -0.2) is 78.7 Å². The Bertz CT molecular complexity index is 846. The van der Waals surface area contributed by atoms with E-state index in [9.17, 15) is 9.90 Å². The second-order valence-corrected chi connectivity index (χ2v) is 8.36. The van der Waals surface area contributed by atoms with Crippen molar-refractivity contribution >= 4 is 18.3 Å². The van der Waals surface area contributed by atoms with Crippen LogP contribution in [0.5, 0.6) is 5.75 Å². The van der Waals surface area contributed by atoms with Crippen molar-refractivity contribution in [2.75, 3.05) is 39.3 Å². The highest BCUT2D eigenvalue weighted by Crippen LogP contribution is 2.23. The Morgan fingerprint density at radius 1 is 1.24 bits per heavy atom. The minimum absolute atomic E-state index is 0. The quantitative estimate of drug-likeness (QED) is 0.490. The number of amides is 1. The van der Waals surface area contributed by atoms with E-state index in [4.69, 9.17) is 14.0 Å². The van der Waals surface area contributed by atoms with E-state index in [0.29, 0.717) is 18.6 Å². The highest BCUT2D eigenvalue weighted by Gasteiger charge is 2.31. The first-order chi connectivity index (χ1) is 15.7. The molecule has 182 valence electrons. The SMILES string of the molecule is Cl.O=C(COc1ccccc1)NC[C@H]1O[C@H](Cc2cc(CN3CCNCC3)on2)CC[C@@H]1O. The molecule has 3 atom stereocenters.